The average Bonchev–Trinajstić information content (AvgIpc) is 2.14. The molecule has 5 heteroatoms. The number of ether oxygens (including phenoxy) is 2. The molecule has 2 atom stereocenters. The zero-order valence-corrected chi connectivity index (χ0v) is 8.73. The molecule has 0 aromatic rings. The summed E-state index contributed by atoms with van der Waals surface area (Å²) >= 11 is 0. The molecular weight excluding hydrogens is 200 g/mol. The van der Waals surface area contributed by atoms with Crippen LogP contribution in [0.15, 0.2) is 11.6 Å². The molecule has 0 saturated heterocycles. The van der Waals surface area contributed by atoms with E-state index in [0.717, 1.165) is 0 Å². The highest BCUT2D eigenvalue weighted by atomic mass is 16.5. The van der Waals surface area contributed by atoms with E-state index >= 15 is 0 Å². The fourth-order valence-electron chi connectivity index (χ4n) is 1.57. The standard InChI is InChI=1S/C10H14O5/c1-6(11)15-9-4-7(10(13)14-2)3-8(12)5-9/h3,8-9,12H,4-5H2,1-2H3/t8-,9-/m0/s1. The number of hydrogen-bond donors (Lipinski definition) is 1. The van der Waals surface area contributed by atoms with Gasteiger partial charge < -0.3 is 14.6 Å². The molecule has 1 rings (SSSR count). The first kappa shape index (κ1) is 11.7. The molecule has 1 N–H and O–H groups in total. The van der Waals surface area contributed by atoms with Crippen molar-refractivity contribution in [2.45, 2.75) is 32.0 Å². The monoisotopic (exact) mass is 214 g/mol. The molecule has 0 heterocycles. The van der Waals surface area contributed by atoms with Crippen LogP contribution in [0.2, 0.25) is 0 Å². The summed E-state index contributed by atoms with van der Waals surface area (Å²) in [7, 11) is 1.27. The highest BCUT2D eigenvalue weighted by Gasteiger charge is 2.26. The van der Waals surface area contributed by atoms with Gasteiger partial charge in [0.05, 0.1) is 13.2 Å². The third-order valence-corrected chi connectivity index (χ3v) is 2.13. The minimum atomic E-state index is -0.766. The van der Waals surface area contributed by atoms with Gasteiger partial charge in [-0.15, -0.1) is 0 Å². The molecule has 0 aliphatic heterocycles. The maximum atomic E-state index is 11.2. The largest absolute Gasteiger partial charge is 0.466 e. The molecule has 0 aromatic heterocycles. The Kier molecular flexibility index (Phi) is 3.85. The molecule has 1 aliphatic rings. The summed E-state index contributed by atoms with van der Waals surface area (Å²) in [4.78, 5) is 21.9. The van der Waals surface area contributed by atoms with Crippen molar-refractivity contribution in [3.8, 4) is 0 Å². The van der Waals surface area contributed by atoms with Crippen LogP contribution in [0.25, 0.3) is 0 Å². The predicted octanol–water partition coefficient (Wildman–Crippen LogP) is 0.172. The highest BCUT2D eigenvalue weighted by Crippen LogP contribution is 2.22. The Balaban J connectivity index is 2.67. The second-order valence-corrected chi connectivity index (χ2v) is 3.42. The minimum Gasteiger partial charge on any atom is -0.466 e. The maximum Gasteiger partial charge on any atom is 0.333 e. The molecule has 1 aliphatic carbocycles. The van der Waals surface area contributed by atoms with Crippen LogP contribution in [-0.2, 0) is 19.1 Å². The molecule has 0 bridgehead atoms. The van der Waals surface area contributed by atoms with Gasteiger partial charge in [-0.2, -0.15) is 0 Å². The van der Waals surface area contributed by atoms with Gasteiger partial charge in [-0.25, -0.2) is 4.79 Å². The van der Waals surface area contributed by atoms with Crippen molar-refractivity contribution in [3.05, 3.63) is 11.6 Å². The quantitative estimate of drug-likeness (QED) is 0.663. The van der Waals surface area contributed by atoms with Crippen LogP contribution in [-0.4, -0.2) is 36.4 Å². The smallest absolute Gasteiger partial charge is 0.333 e. The Morgan fingerprint density at radius 3 is 2.73 bits per heavy atom. The first-order valence-electron chi connectivity index (χ1n) is 4.67. The van der Waals surface area contributed by atoms with E-state index in [9.17, 15) is 14.7 Å². The van der Waals surface area contributed by atoms with Crippen LogP contribution in [0.4, 0.5) is 0 Å². The summed E-state index contributed by atoms with van der Waals surface area (Å²) in [5.74, 6) is -0.913. The second-order valence-electron chi connectivity index (χ2n) is 3.42. The van der Waals surface area contributed by atoms with Gasteiger partial charge in [0.15, 0.2) is 0 Å². The number of esters is 2. The van der Waals surface area contributed by atoms with Crippen molar-refractivity contribution < 1.29 is 24.2 Å². The number of hydrogen-bond acceptors (Lipinski definition) is 5. The van der Waals surface area contributed by atoms with Gasteiger partial charge in [0.1, 0.15) is 6.10 Å². The predicted molar refractivity (Wildman–Crippen MR) is 50.9 cm³/mol. The number of aliphatic hydroxyl groups excluding tert-OH is 1. The third-order valence-electron chi connectivity index (χ3n) is 2.13. The van der Waals surface area contributed by atoms with Crippen molar-refractivity contribution in [2.24, 2.45) is 0 Å². The molecule has 0 aromatic carbocycles. The average molecular weight is 214 g/mol. The molecule has 5 nitrogen and oxygen atoms in total. The Morgan fingerprint density at radius 1 is 1.53 bits per heavy atom. The fraction of sp³-hybridized carbons (Fsp3) is 0.600. The Hall–Kier alpha value is -1.36. The van der Waals surface area contributed by atoms with E-state index in [1.54, 1.807) is 0 Å². The molecule has 15 heavy (non-hydrogen) atoms. The van der Waals surface area contributed by atoms with E-state index in [-0.39, 0.29) is 0 Å². The molecule has 0 fully saturated rings. The van der Waals surface area contributed by atoms with Gasteiger partial charge in [0, 0.05) is 25.3 Å². The molecule has 0 spiro atoms. The summed E-state index contributed by atoms with van der Waals surface area (Å²) < 4.78 is 9.47. The number of rotatable bonds is 2. The number of carbonyl (C=O) groups excluding carboxylic acids is 2. The Bertz CT molecular complexity index is 294. The zero-order valence-electron chi connectivity index (χ0n) is 8.73. The van der Waals surface area contributed by atoms with Crippen molar-refractivity contribution in [1.29, 1.82) is 0 Å². The summed E-state index contributed by atoms with van der Waals surface area (Å²) in [6.07, 6.45) is 0.837. The number of aliphatic hydroxyl groups is 1. The lowest BCUT2D eigenvalue weighted by Gasteiger charge is -2.24. The lowest BCUT2D eigenvalue weighted by Crippen LogP contribution is -2.29. The van der Waals surface area contributed by atoms with E-state index in [4.69, 9.17) is 4.74 Å². The Labute approximate surface area is 87.7 Å². The first-order valence-corrected chi connectivity index (χ1v) is 4.67. The van der Waals surface area contributed by atoms with E-state index < -0.39 is 24.1 Å². The molecule has 0 unspecified atom stereocenters. The van der Waals surface area contributed by atoms with Crippen LogP contribution >= 0.6 is 0 Å². The number of methoxy groups -OCH3 is 1. The summed E-state index contributed by atoms with van der Waals surface area (Å²) in [5, 5.41) is 9.43. The fourth-order valence-corrected chi connectivity index (χ4v) is 1.57. The van der Waals surface area contributed by atoms with Crippen LogP contribution in [0.5, 0.6) is 0 Å². The topological polar surface area (TPSA) is 72.8 Å². The van der Waals surface area contributed by atoms with Gasteiger partial charge >= 0.3 is 11.9 Å². The van der Waals surface area contributed by atoms with Crippen molar-refractivity contribution >= 4 is 11.9 Å². The normalized spacial score (nSPS) is 25.4. The lowest BCUT2D eigenvalue weighted by molar-refractivity contribution is -0.149. The van der Waals surface area contributed by atoms with Gasteiger partial charge in [-0.3, -0.25) is 4.79 Å². The summed E-state index contributed by atoms with van der Waals surface area (Å²) in [6.45, 7) is 1.29. The van der Waals surface area contributed by atoms with Crippen molar-refractivity contribution in [1.82, 2.24) is 0 Å². The van der Waals surface area contributed by atoms with Crippen LogP contribution in [0, 0.1) is 0 Å². The SMILES string of the molecule is COC(=O)C1=C[C@H](O)C[C@@H](OC(C)=O)C1. The van der Waals surface area contributed by atoms with E-state index in [1.807, 2.05) is 0 Å². The van der Waals surface area contributed by atoms with E-state index in [0.29, 0.717) is 18.4 Å². The minimum absolute atomic E-state index is 0.295. The van der Waals surface area contributed by atoms with E-state index in [2.05, 4.69) is 4.74 Å². The molecule has 84 valence electrons. The van der Waals surface area contributed by atoms with E-state index in [1.165, 1.54) is 20.1 Å². The molecule has 0 saturated carbocycles. The number of carbonyl (C=O) groups is 2. The van der Waals surface area contributed by atoms with Crippen molar-refractivity contribution in [3.63, 3.8) is 0 Å². The molecule has 0 amide bonds. The second kappa shape index (κ2) is 4.93. The maximum absolute atomic E-state index is 11.2. The summed E-state index contributed by atoms with van der Waals surface area (Å²) in [5.41, 5.74) is 0.350. The highest BCUT2D eigenvalue weighted by molar-refractivity contribution is 5.88. The van der Waals surface area contributed by atoms with Crippen molar-refractivity contribution in [2.75, 3.05) is 7.11 Å². The summed E-state index contributed by atoms with van der Waals surface area (Å²) in [6, 6.07) is 0. The third kappa shape index (κ3) is 3.36. The lowest BCUT2D eigenvalue weighted by atomic mass is 9.95. The van der Waals surface area contributed by atoms with Gasteiger partial charge in [0.2, 0.25) is 0 Å². The zero-order chi connectivity index (χ0) is 11.4. The van der Waals surface area contributed by atoms with Gasteiger partial charge in [-0.05, 0) is 6.08 Å². The Morgan fingerprint density at radius 2 is 2.20 bits per heavy atom. The first-order chi connectivity index (χ1) is 7.02. The molecule has 0 radical (unpaired) electrons. The molecular formula is C10H14O5. The van der Waals surface area contributed by atoms with Gasteiger partial charge in [-0.1, -0.05) is 0 Å². The van der Waals surface area contributed by atoms with Crippen LogP contribution < -0.4 is 0 Å². The van der Waals surface area contributed by atoms with Gasteiger partial charge in [0.25, 0.3) is 0 Å². The van der Waals surface area contributed by atoms with Crippen LogP contribution in [0.1, 0.15) is 19.8 Å². The van der Waals surface area contributed by atoms with Crippen LogP contribution in [0.3, 0.4) is 0 Å².